The van der Waals surface area contributed by atoms with Crippen molar-refractivity contribution in [1.82, 2.24) is 10.6 Å². The van der Waals surface area contributed by atoms with Crippen LogP contribution in [-0.4, -0.2) is 30.2 Å². The molecule has 0 aromatic heterocycles. The number of alkyl carbamates (subject to hydrolysis) is 1. The van der Waals surface area contributed by atoms with E-state index in [-0.39, 0.29) is 5.91 Å². The molecule has 0 aromatic rings. The highest BCUT2D eigenvalue weighted by molar-refractivity contribution is 5.77. The quantitative estimate of drug-likeness (QED) is 0.838. The molecule has 0 spiro atoms. The van der Waals surface area contributed by atoms with Gasteiger partial charge < -0.3 is 15.4 Å². The summed E-state index contributed by atoms with van der Waals surface area (Å²) in [5.41, 5.74) is -0.509. The van der Waals surface area contributed by atoms with Crippen LogP contribution in [-0.2, 0) is 9.53 Å². The summed E-state index contributed by atoms with van der Waals surface area (Å²) in [6.07, 6.45) is 8.23. The molecule has 0 saturated heterocycles. The van der Waals surface area contributed by atoms with Gasteiger partial charge in [-0.05, 0) is 33.6 Å². The molecule has 0 radical (unpaired) electrons. The van der Waals surface area contributed by atoms with Crippen LogP contribution in [0.5, 0.6) is 0 Å². The highest BCUT2D eigenvalue weighted by atomic mass is 16.6. The van der Waals surface area contributed by atoms with Crippen LogP contribution in [0.15, 0.2) is 0 Å². The van der Waals surface area contributed by atoms with Gasteiger partial charge in [0.2, 0.25) is 5.91 Å². The molecule has 1 rings (SSSR count). The SMILES string of the molecule is CC(C)(C)OC(=O)NCCC(=O)NC1CCCCCCC1. The number of rotatable bonds is 4. The second-order valence-corrected chi connectivity index (χ2v) is 6.79. The number of carbonyl (C=O) groups excluding carboxylic acids is 2. The molecule has 1 aliphatic carbocycles. The van der Waals surface area contributed by atoms with Crippen molar-refractivity contribution in [2.75, 3.05) is 6.54 Å². The predicted molar refractivity (Wildman–Crippen MR) is 83.1 cm³/mol. The Labute approximate surface area is 128 Å². The van der Waals surface area contributed by atoms with Crippen LogP contribution in [0, 0.1) is 0 Å². The van der Waals surface area contributed by atoms with Crippen molar-refractivity contribution in [2.45, 2.75) is 83.8 Å². The number of ether oxygens (including phenoxy) is 1. The van der Waals surface area contributed by atoms with Crippen molar-refractivity contribution >= 4 is 12.0 Å². The van der Waals surface area contributed by atoms with Crippen LogP contribution in [0.3, 0.4) is 0 Å². The van der Waals surface area contributed by atoms with E-state index in [9.17, 15) is 9.59 Å². The number of hydrogen-bond acceptors (Lipinski definition) is 3. The van der Waals surface area contributed by atoms with Crippen LogP contribution >= 0.6 is 0 Å². The van der Waals surface area contributed by atoms with Gasteiger partial charge in [0.1, 0.15) is 5.60 Å². The van der Waals surface area contributed by atoms with Gasteiger partial charge in [0, 0.05) is 19.0 Å². The van der Waals surface area contributed by atoms with Crippen molar-refractivity contribution in [3.05, 3.63) is 0 Å². The lowest BCUT2D eigenvalue weighted by Crippen LogP contribution is -2.38. The highest BCUT2D eigenvalue weighted by Crippen LogP contribution is 2.17. The third-order valence-electron chi connectivity index (χ3n) is 3.49. The van der Waals surface area contributed by atoms with E-state index in [1.54, 1.807) is 0 Å². The zero-order valence-corrected chi connectivity index (χ0v) is 13.7. The van der Waals surface area contributed by atoms with Gasteiger partial charge in [-0.15, -0.1) is 0 Å². The fourth-order valence-electron chi connectivity index (χ4n) is 2.49. The monoisotopic (exact) mass is 298 g/mol. The summed E-state index contributed by atoms with van der Waals surface area (Å²) >= 11 is 0. The van der Waals surface area contributed by atoms with E-state index >= 15 is 0 Å². The first-order valence-corrected chi connectivity index (χ1v) is 8.13. The molecule has 2 N–H and O–H groups in total. The second-order valence-electron chi connectivity index (χ2n) is 6.79. The van der Waals surface area contributed by atoms with Gasteiger partial charge >= 0.3 is 6.09 Å². The maximum atomic E-state index is 11.9. The van der Waals surface area contributed by atoms with E-state index in [0.29, 0.717) is 19.0 Å². The Morgan fingerprint density at radius 1 is 1.05 bits per heavy atom. The Morgan fingerprint density at radius 3 is 2.19 bits per heavy atom. The first-order chi connectivity index (χ1) is 9.87. The van der Waals surface area contributed by atoms with Crippen LogP contribution in [0.25, 0.3) is 0 Å². The lowest BCUT2D eigenvalue weighted by Gasteiger charge is -2.21. The van der Waals surface area contributed by atoms with E-state index in [2.05, 4.69) is 10.6 Å². The van der Waals surface area contributed by atoms with Gasteiger partial charge in [-0.3, -0.25) is 4.79 Å². The molecule has 2 amide bonds. The lowest BCUT2D eigenvalue weighted by molar-refractivity contribution is -0.121. The minimum atomic E-state index is -0.509. The third kappa shape index (κ3) is 9.32. The molecule has 5 heteroatoms. The summed E-state index contributed by atoms with van der Waals surface area (Å²) in [4.78, 5) is 23.3. The standard InChI is InChI=1S/C16H30N2O3/c1-16(2,3)21-15(20)17-12-11-14(19)18-13-9-7-5-4-6-8-10-13/h13H,4-12H2,1-3H3,(H,17,20)(H,18,19). The van der Waals surface area contributed by atoms with E-state index in [0.717, 1.165) is 12.8 Å². The molecule has 0 aromatic carbocycles. The zero-order chi connectivity index (χ0) is 15.7. The van der Waals surface area contributed by atoms with E-state index in [1.807, 2.05) is 20.8 Å². The van der Waals surface area contributed by atoms with Crippen LogP contribution in [0.4, 0.5) is 4.79 Å². The van der Waals surface area contributed by atoms with E-state index in [4.69, 9.17) is 4.74 Å². The summed E-state index contributed by atoms with van der Waals surface area (Å²) in [7, 11) is 0. The van der Waals surface area contributed by atoms with Gasteiger partial charge in [-0.1, -0.05) is 32.1 Å². The fraction of sp³-hybridized carbons (Fsp3) is 0.875. The van der Waals surface area contributed by atoms with Crippen LogP contribution < -0.4 is 10.6 Å². The molecule has 1 aliphatic rings. The first kappa shape index (κ1) is 17.8. The van der Waals surface area contributed by atoms with Crippen LogP contribution in [0.2, 0.25) is 0 Å². The largest absolute Gasteiger partial charge is 0.444 e. The summed E-state index contributed by atoms with van der Waals surface area (Å²) in [5, 5.41) is 5.69. The van der Waals surface area contributed by atoms with E-state index < -0.39 is 11.7 Å². The van der Waals surface area contributed by atoms with Gasteiger partial charge in [-0.25, -0.2) is 4.79 Å². The molecule has 5 nitrogen and oxygen atoms in total. The first-order valence-electron chi connectivity index (χ1n) is 8.13. The number of nitrogens with one attached hydrogen (secondary N) is 2. The minimum absolute atomic E-state index is 0.0108. The summed E-state index contributed by atoms with van der Waals surface area (Å²) in [5.74, 6) is 0.0108. The number of amides is 2. The Bertz CT molecular complexity index is 329. The Morgan fingerprint density at radius 2 is 1.62 bits per heavy atom. The average Bonchev–Trinajstić information content (AvgIpc) is 2.30. The minimum Gasteiger partial charge on any atom is -0.444 e. The summed E-state index contributed by atoms with van der Waals surface area (Å²) < 4.78 is 5.12. The predicted octanol–water partition coefficient (Wildman–Crippen LogP) is 3.13. The maximum absolute atomic E-state index is 11.9. The van der Waals surface area contributed by atoms with Gasteiger partial charge in [0.25, 0.3) is 0 Å². The Balaban J connectivity index is 2.16. The Kier molecular flexibility index (Phi) is 7.54. The van der Waals surface area contributed by atoms with Gasteiger partial charge in [-0.2, -0.15) is 0 Å². The number of carbonyl (C=O) groups is 2. The molecule has 0 atom stereocenters. The normalized spacial score (nSPS) is 17.5. The van der Waals surface area contributed by atoms with Gasteiger partial charge in [0.15, 0.2) is 0 Å². The van der Waals surface area contributed by atoms with Crippen molar-refractivity contribution in [2.24, 2.45) is 0 Å². The molecule has 0 unspecified atom stereocenters. The molecule has 21 heavy (non-hydrogen) atoms. The number of hydrogen-bond donors (Lipinski definition) is 2. The highest BCUT2D eigenvalue weighted by Gasteiger charge is 2.17. The topological polar surface area (TPSA) is 67.4 Å². The molecular weight excluding hydrogens is 268 g/mol. The summed E-state index contributed by atoms with van der Waals surface area (Å²) in [6, 6.07) is 0.305. The lowest BCUT2D eigenvalue weighted by atomic mass is 9.96. The molecule has 0 heterocycles. The van der Waals surface area contributed by atoms with Crippen molar-refractivity contribution in [3.63, 3.8) is 0 Å². The maximum Gasteiger partial charge on any atom is 0.407 e. The van der Waals surface area contributed by atoms with Gasteiger partial charge in [0.05, 0.1) is 0 Å². The molecule has 1 fully saturated rings. The molecule has 1 saturated carbocycles. The second kappa shape index (κ2) is 8.90. The van der Waals surface area contributed by atoms with Crippen molar-refractivity contribution in [1.29, 1.82) is 0 Å². The Hall–Kier alpha value is -1.26. The molecule has 122 valence electrons. The molecule has 0 aliphatic heterocycles. The van der Waals surface area contributed by atoms with Crippen LogP contribution in [0.1, 0.15) is 72.1 Å². The third-order valence-corrected chi connectivity index (χ3v) is 3.49. The molecular formula is C16H30N2O3. The van der Waals surface area contributed by atoms with Crippen molar-refractivity contribution in [3.8, 4) is 0 Å². The fourth-order valence-corrected chi connectivity index (χ4v) is 2.49. The van der Waals surface area contributed by atoms with Crippen molar-refractivity contribution < 1.29 is 14.3 Å². The zero-order valence-electron chi connectivity index (χ0n) is 13.7. The molecule has 0 bridgehead atoms. The van der Waals surface area contributed by atoms with E-state index in [1.165, 1.54) is 32.1 Å². The summed E-state index contributed by atoms with van der Waals surface area (Å²) in [6.45, 7) is 5.75. The average molecular weight is 298 g/mol. The smallest absolute Gasteiger partial charge is 0.407 e.